The number of carbonyl (C=O) groups excluding carboxylic acids is 1. The number of carbonyl (C=O) groups is 1. The van der Waals surface area contributed by atoms with Gasteiger partial charge in [0.2, 0.25) is 0 Å². The number of hydrogen-bond donors (Lipinski definition) is 0. The first-order valence-electron chi connectivity index (χ1n) is 12.6. The SMILES string of the molecule is CCOC(=O)C1=C(C)N=c2s/c(=C/c3cccc(OCc4ccccc4[N+](=O)[O-])c3)c(=O)n2[C@@H]1c1ccccc1. The summed E-state index contributed by atoms with van der Waals surface area (Å²) in [6.45, 7) is 3.71. The summed E-state index contributed by atoms with van der Waals surface area (Å²) in [7, 11) is 0. The predicted molar refractivity (Wildman–Crippen MR) is 151 cm³/mol. The molecule has 0 aliphatic carbocycles. The van der Waals surface area contributed by atoms with E-state index in [1.165, 1.54) is 17.4 Å². The maximum Gasteiger partial charge on any atom is 0.338 e. The molecule has 40 heavy (non-hydrogen) atoms. The van der Waals surface area contributed by atoms with Gasteiger partial charge in [0.1, 0.15) is 12.4 Å². The Balaban J connectivity index is 1.52. The largest absolute Gasteiger partial charge is 0.489 e. The second-order valence-corrected chi connectivity index (χ2v) is 9.97. The zero-order valence-corrected chi connectivity index (χ0v) is 22.6. The first kappa shape index (κ1) is 26.8. The van der Waals surface area contributed by atoms with Crippen LogP contribution in [0.3, 0.4) is 0 Å². The van der Waals surface area contributed by atoms with Gasteiger partial charge in [-0.3, -0.25) is 19.5 Å². The number of para-hydroxylation sites is 1. The lowest BCUT2D eigenvalue weighted by Crippen LogP contribution is -2.39. The molecule has 0 spiro atoms. The number of hydrogen-bond acceptors (Lipinski definition) is 8. The molecule has 0 N–H and O–H groups in total. The highest BCUT2D eigenvalue weighted by molar-refractivity contribution is 7.07. The fraction of sp³-hybridized carbons (Fsp3) is 0.167. The van der Waals surface area contributed by atoms with Crippen LogP contribution in [0.2, 0.25) is 0 Å². The monoisotopic (exact) mass is 555 g/mol. The van der Waals surface area contributed by atoms with Gasteiger partial charge in [-0.15, -0.1) is 0 Å². The molecule has 0 saturated carbocycles. The minimum Gasteiger partial charge on any atom is -0.489 e. The highest BCUT2D eigenvalue weighted by atomic mass is 32.1. The van der Waals surface area contributed by atoms with Gasteiger partial charge in [0.05, 0.1) is 38.9 Å². The molecule has 202 valence electrons. The first-order valence-corrected chi connectivity index (χ1v) is 13.4. The summed E-state index contributed by atoms with van der Waals surface area (Å²) in [5.41, 5.74) is 2.49. The molecule has 3 aromatic carbocycles. The van der Waals surface area contributed by atoms with E-state index < -0.39 is 16.9 Å². The van der Waals surface area contributed by atoms with Gasteiger partial charge >= 0.3 is 5.97 Å². The van der Waals surface area contributed by atoms with Crippen LogP contribution < -0.4 is 19.6 Å². The van der Waals surface area contributed by atoms with E-state index >= 15 is 0 Å². The number of fused-ring (bicyclic) bond motifs is 1. The molecule has 10 heteroatoms. The number of thiazole rings is 1. The van der Waals surface area contributed by atoms with Gasteiger partial charge in [0.15, 0.2) is 4.80 Å². The lowest BCUT2D eigenvalue weighted by atomic mass is 9.96. The van der Waals surface area contributed by atoms with Crippen molar-refractivity contribution in [3.63, 3.8) is 0 Å². The molecule has 1 aromatic heterocycles. The van der Waals surface area contributed by atoms with E-state index in [0.29, 0.717) is 37.5 Å². The standard InChI is InChI=1S/C30H25N3O6S/c1-3-38-29(35)26-19(2)31-30-32(27(26)21-11-5-4-6-12-21)28(34)25(40-30)17-20-10-9-14-23(16-20)39-18-22-13-7-8-15-24(22)33(36)37/h4-17,27H,3,18H2,1-2H3/b25-17+/t27-/m1/s1. The highest BCUT2D eigenvalue weighted by Gasteiger charge is 2.33. The Kier molecular flexibility index (Phi) is 7.70. The number of esters is 1. The van der Waals surface area contributed by atoms with Crippen molar-refractivity contribution in [2.24, 2.45) is 4.99 Å². The van der Waals surface area contributed by atoms with Gasteiger partial charge in [-0.25, -0.2) is 9.79 Å². The van der Waals surface area contributed by atoms with Crippen molar-refractivity contribution in [3.05, 3.63) is 137 Å². The van der Waals surface area contributed by atoms with Gasteiger partial charge in [0.25, 0.3) is 11.2 Å². The molecule has 1 atom stereocenters. The molecule has 0 unspecified atom stereocenters. The summed E-state index contributed by atoms with van der Waals surface area (Å²) < 4.78 is 13.1. The summed E-state index contributed by atoms with van der Waals surface area (Å²) >= 11 is 1.23. The van der Waals surface area contributed by atoms with Crippen LogP contribution in [-0.2, 0) is 16.1 Å². The first-order chi connectivity index (χ1) is 19.4. The van der Waals surface area contributed by atoms with Crippen LogP contribution in [0, 0.1) is 10.1 Å². The average molecular weight is 556 g/mol. The van der Waals surface area contributed by atoms with Crippen LogP contribution in [0.5, 0.6) is 5.75 Å². The number of aromatic nitrogens is 1. The Hall–Kier alpha value is -4.83. The van der Waals surface area contributed by atoms with Crippen molar-refractivity contribution >= 4 is 29.1 Å². The summed E-state index contributed by atoms with van der Waals surface area (Å²) in [6, 6.07) is 22.2. The van der Waals surface area contributed by atoms with E-state index in [2.05, 4.69) is 4.99 Å². The van der Waals surface area contributed by atoms with Crippen LogP contribution in [0.4, 0.5) is 5.69 Å². The lowest BCUT2D eigenvalue weighted by Gasteiger charge is -2.24. The van der Waals surface area contributed by atoms with Gasteiger partial charge < -0.3 is 9.47 Å². The molecule has 4 aromatic rings. The molecule has 5 rings (SSSR count). The Bertz CT molecular complexity index is 1810. The van der Waals surface area contributed by atoms with Gasteiger partial charge in [0, 0.05) is 6.07 Å². The number of allylic oxidation sites excluding steroid dienone is 1. The number of rotatable bonds is 8. The third kappa shape index (κ3) is 5.34. The van der Waals surface area contributed by atoms with E-state index in [1.807, 2.05) is 36.4 Å². The lowest BCUT2D eigenvalue weighted by molar-refractivity contribution is -0.385. The second-order valence-electron chi connectivity index (χ2n) is 8.96. The van der Waals surface area contributed by atoms with E-state index in [9.17, 15) is 19.7 Å². The molecule has 0 saturated heterocycles. The topological polar surface area (TPSA) is 113 Å². The van der Waals surface area contributed by atoms with Crippen molar-refractivity contribution in [1.29, 1.82) is 0 Å². The van der Waals surface area contributed by atoms with Crippen LogP contribution >= 0.6 is 11.3 Å². The van der Waals surface area contributed by atoms with Crippen LogP contribution in [0.15, 0.2) is 99.9 Å². The van der Waals surface area contributed by atoms with Gasteiger partial charge in [-0.05, 0) is 49.2 Å². The Morgan fingerprint density at radius 1 is 1.10 bits per heavy atom. The van der Waals surface area contributed by atoms with Crippen molar-refractivity contribution < 1.29 is 19.2 Å². The molecule has 0 bridgehead atoms. The van der Waals surface area contributed by atoms with Crippen molar-refractivity contribution in [2.75, 3.05) is 6.61 Å². The number of benzene rings is 3. The quantitative estimate of drug-likeness (QED) is 0.182. The molecule has 2 heterocycles. The fourth-order valence-corrected chi connectivity index (χ4v) is 5.61. The van der Waals surface area contributed by atoms with Crippen molar-refractivity contribution in [1.82, 2.24) is 4.57 Å². The summed E-state index contributed by atoms with van der Waals surface area (Å²) in [6.07, 6.45) is 1.74. The molecule has 9 nitrogen and oxygen atoms in total. The van der Waals surface area contributed by atoms with Gasteiger partial charge in [-0.2, -0.15) is 0 Å². The summed E-state index contributed by atoms with van der Waals surface area (Å²) in [5.74, 6) is -0.00216. The van der Waals surface area contributed by atoms with Crippen molar-refractivity contribution in [2.45, 2.75) is 26.5 Å². The van der Waals surface area contributed by atoms with Crippen LogP contribution in [0.25, 0.3) is 6.08 Å². The zero-order valence-electron chi connectivity index (χ0n) is 21.8. The summed E-state index contributed by atoms with van der Waals surface area (Å²) in [5, 5.41) is 11.3. The highest BCUT2D eigenvalue weighted by Crippen LogP contribution is 2.30. The molecule has 0 radical (unpaired) electrons. The number of nitro benzene ring substituents is 1. The third-order valence-electron chi connectivity index (χ3n) is 6.37. The normalized spacial score (nSPS) is 14.8. The van der Waals surface area contributed by atoms with E-state index in [1.54, 1.807) is 60.9 Å². The summed E-state index contributed by atoms with van der Waals surface area (Å²) in [4.78, 5) is 42.7. The molecule has 1 aliphatic heterocycles. The van der Waals surface area contributed by atoms with E-state index in [0.717, 1.165) is 5.56 Å². The molecule has 0 amide bonds. The van der Waals surface area contributed by atoms with E-state index in [4.69, 9.17) is 9.47 Å². The third-order valence-corrected chi connectivity index (χ3v) is 7.35. The van der Waals surface area contributed by atoms with Gasteiger partial charge in [-0.1, -0.05) is 65.9 Å². The Labute approximate surface area is 233 Å². The minimum atomic E-state index is -0.671. The maximum atomic E-state index is 13.7. The van der Waals surface area contributed by atoms with Crippen LogP contribution in [0.1, 0.15) is 36.6 Å². The fourth-order valence-electron chi connectivity index (χ4n) is 4.56. The van der Waals surface area contributed by atoms with Crippen molar-refractivity contribution in [3.8, 4) is 5.75 Å². The zero-order chi connectivity index (χ0) is 28.2. The molecule has 0 fully saturated rings. The van der Waals surface area contributed by atoms with Crippen LogP contribution in [-0.4, -0.2) is 22.1 Å². The predicted octanol–water partition coefficient (Wildman–Crippen LogP) is 4.29. The minimum absolute atomic E-state index is 0.00906. The molecular formula is C30H25N3O6S. The average Bonchev–Trinajstić information content (AvgIpc) is 3.25. The van der Waals surface area contributed by atoms with E-state index in [-0.39, 0.29) is 24.5 Å². The maximum absolute atomic E-state index is 13.7. The molecule has 1 aliphatic rings. The Morgan fingerprint density at radius 2 is 1.85 bits per heavy atom. The number of ether oxygens (including phenoxy) is 2. The number of nitro groups is 1. The second kappa shape index (κ2) is 11.5. The smallest absolute Gasteiger partial charge is 0.338 e. The molecular weight excluding hydrogens is 530 g/mol. The number of nitrogens with zero attached hydrogens (tertiary/aromatic N) is 3. The Morgan fingerprint density at radius 3 is 2.60 bits per heavy atom.